The third-order valence-electron chi connectivity index (χ3n) is 2.58. The lowest BCUT2D eigenvalue weighted by atomic mass is 10.1. The summed E-state index contributed by atoms with van der Waals surface area (Å²) in [5.41, 5.74) is 6.03. The molecule has 0 aliphatic heterocycles. The van der Waals surface area contributed by atoms with E-state index >= 15 is 0 Å². The van der Waals surface area contributed by atoms with Crippen LogP contribution in [0.3, 0.4) is 0 Å². The van der Waals surface area contributed by atoms with E-state index in [1.54, 1.807) is 30.3 Å². The average molecular weight is 279 g/mol. The number of aromatic nitrogens is 1. The summed E-state index contributed by atoms with van der Waals surface area (Å²) in [4.78, 5) is 26.7. The maximum atomic E-state index is 11.8. The Labute approximate surface area is 114 Å². The van der Waals surface area contributed by atoms with Gasteiger partial charge in [-0.15, -0.1) is 0 Å². The highest BCUT2D eigenvalue weighted by molar-refractivity contribution is 6.29. The van der Waals surface area contributed by atoms with Gasteiger partial charge in [0.2, 0.25) is 0 Å². The van der Waals surface area contributed by atoms with Crippen molar-refractivity contribution in [1.29, 1.82) is 0 Å². The molecule has 5 nitrogen and oxygen atoms in total. The van der Waals surface area contributed by atoms with E-state index < -0.39 is 18.0 Å². The van der Waals surface area contributed by atoms with E-state index in [-0.39, 0.29) is 0 Å². The van der Waals surface area contributed by atoms with Crippen LogP contribution in [0.2, 0.25) is 5.15 Å². The molecule has 6 heteroatoms. The van der Waals surface area contributed by atoms with Crippen LogP contribution in [0.5, 0.6) is 0 Å². The zero-order chi connectivity index (χ0) is 14.0. The van der Waals surface area contributed by atoms with Crippen LogP contribution in [0.4, 0.5) is 0 Å². The minimum Gasteiger partial charge on any atom is -0.449 e. The number of hydrogen-bond donors (Lipinski definition) is 1. The number of esters is 1. The number of amides is 1. The predicted molar refractivity (Wildman–Crippen MR) is 70.8 cm³/mol. The van der Waals surface area contributed by atoms with Crippen molar-refractivity contribution in [2.75, 3.05) is 0 Å². The molecule has 1 aromatic carbocycles. The Morgan fingerprint density at radius 2 is 2.05 bits per heavy atom. The van der Waals surface area contributed by atoms with Gasteiger partial charge in [-0.25, -0.2) is 9.78 Å². The highest BCUT2D eigenvalue weighted by Crippen LogP contribution is 2.17. The molecule has 0 fully saturated rings. The minimum absolute atomic E-state index is 0.324. The van der Waals surface area contributed by atoms with E-state index in [1.165, 1.54) is 6.92 Å². The molecule has 2 N–H and O–H groups in total. The summed E-state index contributed by atoms with van der Waals surface area (Å²) >= 11 is 5.77. The minimum atomic E-state index is -0.966. The molecule has 1 heterocycles. The molecule has 0 saturated heterocycles. The first kappa shape index (κ1) is 13.3. The van der Waals surface area contributed by atoms with Gasteiger partial charge in [0.1, 0.15) is 5.15 Å². The van der Waals surface area contributed by atoms with E-state index in [2.05, 4.69) is 4.98 Å². The van der Waals surface area contributed by atoms with Crippen LogP contribution in [0.1, 0.15) is 17.3 Å². The van der Waals surface area contributed by atoms with E-state index in [1.807, 2.05) is 0 Å². The second kappa shape index (κ2) is 5.24. The molecular weight excluding hydrogens is 268 g/mol. The maximum Gasteiger partial charge on any atom is 0.338 e. The molecule has 1 unspecified atom stereocenters. The Morgan fingerprint density at radius 3 is 2.74 bits per heavy atom. The van der Waals surface area contributed by atoms with Gasteiger partial charge in [0.25, 0.3) is 5.91 Å². The zero-order valence-corrected chi connectivity index (χ0v) is 10.8. The number of pyridine rings is 1. The van der Waals surface area contributed by atoms with Crippen molar-refractivity contribution in [2.24, 2.45) is 5.73 Å². The fourth-order valence-electron chi connectivity index (χ4n) is 1.51. The molecule has 0 aliphatic carbocycles. The van der Waals surface area contributed by atoms with E-state index in [0.29, 0.717) is 16.2 Å². The Morgan fingerprint density at radius 1 is 1.32 bits per heavy atom. The van der Waals surface area contributed by atoms with E-state index in [4.69, 9.17) is 22.1 Å². The molecule has 2 rings (SSSR count). The first-order chi connectivity index (χ1) is 8.97. The lowest BCUT2D eigenvalue weighted by Gasteiger charge is -2.09. The van der Waals surface area contributed by atoms with Crippen molar-refractivity contribution >= 4 is 34.4 Å². The standard InChI is InChI=1S/C13H11ClN2O3/c1-7(12(15)17)19-13(18)9-2-4-10-8(6-9)3-5-11(14)16-10/h2-7H,1H3,(H2,15,17). The van der Waals surface area contributed by atoms with Gasteiger partial charge in [-0.1, -0.05) is 11.6 Å². The first-order valence-corrected chi connectivity index (χ1v) is 5.92. The topological polar surface area (TPSA) is 82.3 Å². The van der Waals surface area contributed by atoms with Crippen molar-refractivity contribution in [1.82, 2.24) is 4.98 Å². The third-order valence-corrected chi connectivity index (χ3v) is 2.79. The Kier molecular flexibility index (Phi) is 3.66. The van der Waals surface area contributed by atoms with Crippen LogP contribution in [-0.4, -0.2) is 23.0 Å². The lowest BCUT2D eigenvalue weighted by Crippen LogP contribution is -2.30. The SMILES string of the molecule is CC(OC(=O)c1ccc2nc(Cl)ccc2c1)C(N)=O. The smallest absolute Gasteiger partial charge is 0.338 e. The monoisotopic (exact) mass is 278 g/mol. The fourth-order valence-corrected chi connectivity index (χ4v) is 1.67. The molecule has 0 saturated carbocycles. The number of ether oxygens (including phenoxy) is 1. The van der Waals surface area contributed by atoms with Crippen LogP contribution in [0.25, 0.3) is 10.9 Å². The number of primary amides is 1. The number of fused-ring (bicyclic) bond motifs is 1. The quantitative estimate of drug-likeness (QED) is 0.687. The summed E-state index contributed by atoms with van der Waals surface area (Å²) in [6, 6.07) is 8.22. The molecule has 2 aromatic rings. The van der Waals surface area contributed by atoms with Gasteiger partial charge in [-0.3, -0.25) is 4.79 Å². The van der Waals surface area contributed by atoms with Crippen LogP contribution in [-0.2, 0) is 9.53 Å². The number of nitrogens with two attached hydrogens (primary N) is 1. The number of carbonyl (C=O) groups excluding carboxylic acids is 2. The largest absolute Gasteiger partial charge is 0.449 e. The number of benzene rings is 1. The third kappa shape index (κ3) is 3.00. The van der Waals surface area contributed by atoms with Gasteiger partial charge in [0.15, 0.2) is 6.10 Å². The highest BCUT2D eigenvalue weighted by atomic mass is 35.5. The summed E-state index contributed by atoms with van der Waals surface area (Å²) in [7, 11) is 0. The molecular formula is C13H11ClN2O3. The van der Waals surface area contributed by atoms with Gasteiger partial charge in [-0.05, 0) is 37.3 Å². The van der Waals surface area contributed by atoms with Gasteiger partial charge in [0.05, 0.1) is 11.1 Å². The zero-order valence-electron chi connectivity index (χ0n) is 10.1. The average Bonchev–Trinajstić information content (AvgIpc) is 2.37. The molecule has 98 valence electrons. The van der Waals surface area contributed by atoms with Crippen molar-refractivity contribution in [3.05, 3.63) is 41.0 Å². The highest BCUT2D eigenvalue weighted by Gasteiger charge is 2.16. The number of hydrogen-bond acceptors (Lipinski definition) is 4. The molecule has 1 aromatic heterocycles. The van der Waals surface area contributed by atoms with Gasteiger partial charge in [-0.2, -0.15) is 0 Å². The normalized spacial score (nSPS) is 12.1. The second-order valence-corrected chi connectivity index (χ2v) is 4.38. The predicted octanol–water partition coefficient (Wildman–Crippen LogP) is 1.92. The van der Waals surface area contributed by atoms with Crippen LogP contribution in [0, 0.1) is 0 Å². The van der Waals surface area contributed by atoms with Crippen LogP contribution in [0.15, 0.2) is 30.3 Å². The maximum absolute atomic E-state index is 11.8. The summed E-state index contributed by atoms with van der Waals surface area (Å²) in [5, 5.41) is 1.13. The van der Waals surface area contributed by atoms with Crippen molar-refractivity contribution in [2.45, 2.75) is 13.0 Å². The Bertz CT molecular complexity index is 657. The summed E-state index contributed by atoms with van der Waals surface area (Å²) in [6.07, 6.45) is -0.966. The van der Waals surface area contributed by atoms with E-state index in [0.717, 1.165) is 5.39 Å². The van der Waals surface area contributed by atoms with Crippen molar-refractivity contribution in [3.8, 4) is 0 Å². The first-order valence-electron chi connectivity index (χ1n) is 5.54. The fraction of sp³-hybridized carbons (Fsp3) is 0.154. The summed E-state index contributed by atoms with van der Waals surface area (Å²) in [6.45, 7) is 1.42. The van der Waals surface area contributed by atoms with Crippen molar-refractivity contribution < 1.29 is 14.3 Å². The summed E-state index contributed by atoms with van der Waals surface area (Å²) < 4.78 is 4.91. The molecule has 0 radical (unpaired) electrons. The lowest BCUT2D eigenvalue weighted by molar-refractivity contribution is -0.125. The Balaban J connectivity index is 2.28. The molecule has 0 bridgehead atoms. The number of halogens is 1. The van der Waals surface area contributed by atoms with E-state index in [9.17, 15) is 9.59 Å². The molecule has 19 heavy (non-hydrogen) atoms. The summed E-state index contributed by atoms with van der Waals surface area (Å²) in [5.74, 6) is -1.30. The Hall–Kier alpha value is -2.14. The number of carbonyl (C=O) groups is 2. The van der Waals surface area contributed by atoms with Crippen LogP contribution >= 0.6 is 11.6 Å². The molecule has 0 spiro atoms. The molecule has 0 aliphatic rings. The second-order valence-electron chi connectivity index (χ2n) is 3.99. The number of nitrogens with zero attached hydrogens (tertiary/aromatic N) is 1. The molecule has 1 amide bonds. The van der Waals surface area contributed by atoms with Gasteiger partial charge < -0.3 is 10.5 Å². The van der Waals surface area contributed by atoms with Crippen molar-refractivity contribution in [3.63, 3.8) is 0 Å². The molecule has 1 atom stereocenters. The number of rotatable bonds is 3. The van der Waals surface area contributed by atoms with Gasteiger partial charge in [0, 0.05) is 5.39 Å². The van der Waals surface area contributed by atoms with Crippen LogP contribution < -0.4 is 5.73 Å². The van der Waals surface area contributed by atoms with Gasteiger partial charge >= 0.3 is 5.97 Å².